The van der Waals surface area contributed by atoms with Gasteiger partial charge in [-0.25, -0.2) is 4.98 Å². The molecule has 3 aromatic rings. The Bertz CT molecular complexity index is 1070. The number of amides is 1. The minimum Gasteiger partial charge on any atom is -0.377 e. The summed E-state index contributed by atoms with van der Waals surface area (Å²) in [6, 6.07) is 8.46. The molecule has 1 N–H and O–H groups in total. The molecule has 7 nitrogen and oxygen atoms in total. The quantitative estimate of drug-likeness (QED) is 0.739. The number of nitrogens with one attached hydrogen (secondary N) is 1. The van der Waals surface area contributed by atoms with Gasteiger partial charge in [0, 0.05) is 26.2 Å². The number of benzene rings is 1. The number of carbonyl (C=O) groups is 1. The number of pyridine rings is 1. The van der Waals surface area contributed by atoms with Gasteiger partial charge in [-0.15, -0.1) is 0 Å². The molecular formula is C21H23N5O2. The van der Waals surface area contributed by atoms with Crippen LogP contribution in [0.1, 0.15) is 27.4 Å². The number of hydrogen-bond acceptors (Lipinski definition) is 5. The van der Waals surface area contributed by atoms with Crippen LogP contribution in [0.25, 0.3) is 11.0 Å². The van der Waals surface area contributed by atoms with Crippen LogP contribution in [0.15, 0.2) is 30.5 Å². The van der Waals surface area contributed by atoms with E-state index in [0.717, 1.165) is 28.2 Å². The molecule has 1 aromatic carbocycles. The van der Waals surface area contributed by atoms with Gasteiger partial charge in [0.25, 0.3) is 5.91 Å². The lowest BCUT2D eigenvalue weighted by molar-refractivity contribution is 0.0210. The maximum atomic E-state index is 13.0. The SMILES string of the molecule is Cc1ccc2c(c1)nc(CCN1Cc3nccc(NC4COC4)c3C1=O)n2C. The zero-order valence-corrected chi connectivity index (χ0v) is 16.1. The van der Waals surface area contributed by atoms with Crippen molar-refractivity contribution in [2.45, 2.75) is 25.9 Å². The maximum Gasteiger partial charge on any atom is 0.258 e. The molecule has 5 rings (SSSR count). The van der Waals surface area contributed by atoms with Gasteiger partial charge in [-0.2, -0.15) is 0 Å². The molecule has 28 heavy (non-hydrogen) atoms. The van der Waals surface area contributed by atoms with Gasteiger partial charge in [-0.05, 0) is 30.7 Å². The number of ether oxygens (including phenoxy) is 1. The third-order valence-electron chi connectivity index (χ3n) is 5.60. The fraction of sp³-hybridized carbons (Fsp3) is 0.381. The fourth-order valence-corrected chi connectivity index (χ4v) is 3.93. The van der Waals surface area contributed by atoms with Crippen molar-refractivity contribution < 1.29 is 9.53 Å². The highest BCUT2D eigenvalue weighted by molar-refractivity contribution is 6.03. The van der Waals surface area contributed by atoms with Gasteiger partial charge >= 0.3 is 0 Å². The van der Waals surface area contributed by atoms with Crippen LogP contribution < -0.4 is 5.32 Å². The van der Waals surface area contributed by atoms with Crippen molar-refractivity contribution in [1.82, 2.24) is 19.4 Å². The van der Waals surface area contributed by atoms with E-state index in [0.29, 0.717) is 38.3 Å². The fourth-order valence-electron chi connectivity index (χ4n) is 3.93. The van der Waals surface area contributed by atoms with Gasteiger partial charge in [0.2, 0.25) is 0 Å². The Labute approximate surface area is 163 Å². The van der Waals surface area contributed by atoms with Crippen LogP contribution in [-0.4, -0.2) is 51.1 Å². The highest BCUT2D eigenvalue weighted by Crippen LogP contribution is 2.29. The summed E-state index contributed by atoms with van der Waals surface area (Å²) in [5, 5.41) is 3.41. The number of imidazole rings is 1. The maximum absolute atomic E-state index is 13.0. The van der Waals surface area contributed by atoms with E-state index in [-0.39, 0.29) is 11.9 Å². The van der Waals surface area contributed by atoms with Crippen LogP contribution in [0.3, 0.4) is 0 Å². The molecule has 0 spiro atoms. The lowest BCUT2D eigenvalue weighted by atomic mass is 10.1. The van der Waals surface area contributed by atoms with E-state index < -0.39 is 0 Å². The molecule has 0 atom stereocenters. The Morgan fingerprint density at radius 2 is 2.14 bits per heavy atom. The minimum absolute atomic E-state index is 0.0421. The number of fused-ring (bicyclic) bond motifs is 2. The molecule has 0 unspecified atom stereocenters. The van der Waals surface area contributed by atoms with Crippen LogP contribution in [0.4, 0.5) is 5.69 Å². The molecule has 0 radical (unpaired) electrons. The number of hydrogen-bond donors (Lipinski definition) is 1. The number of nitrogens with zero attached hydrogens (tertiary/aromatic N) is 4. The first-order valence-corrected chi connectivity index (χ1v) is 9.63. The summed E-state index contributed by atoms with van der Waals surface area (Å²) in [6.45, 7) is 4.61. The molecule has 7 heteroatoms. The number of rotatable bonds is 5. The highest BCUT2D eigenvalue weighted by Gasteiger charge is 2.32. The lowest BCUT2D eigenvalue weighted by Crippen LogP contribution is -2.40. The Morgan fingerprint density at radius 1 is 1.29 bits per heavy atom. The molecular weight excluding hydrogens is 354 g/mol. The Balaban J connectivity index is 1.33. The molecule has 2 aliphatic heterocycles. The molecule has 144 valence electrons. The van der Waals surface area contributed by atoms with E-state index in [4.69, 9.17) is 9.72 Å². The third kappa shape index (κ3) is 2.82. The van der Waals surface area contributed by atoms with Crippen molar-refractivity contribution in [3.63, 3.8) is 0 Å². The van der Waals surface area contributed by atoms with Crippen molar-refractivity contribution >= 4 is 22.6 Å². The number of aryl methyl sites for hydroxylation is 2. The first-order valence-electron chi connectivity index (χ1n) is 9.63. The zero-order chi connectivity index (χ0) is 19.3. The van der Waals surface area contributed by atoms with Crippen molar-refractivity contribution in [1.29, 1.82) is 0 Å². The van der Waals surface area contributed by atoms with Crippen molar-refractivity contribution in [2.24, 2.45) is 7.05 Å². The summed E-state index contributed by atoms with van der Waals surface area (Å²) >= 11 is 0. The molecule has 2 aliphatic rings. The van der Waals surface area contributed by atoms with Crippen LogP contribution >= 0.6 is 0 Å². The standard InChI is InChI=1S/C21H23N5O2/c1-13-3-4-18-16(9-13)24-19(25(18)2)6-8-26-10-17-20(21(26)27)15(5-7-22-17)23-14-11-28-12-14/h3-5,7,9,14H,6,8,10-12H2,1-2H3,(H,22,23). The topological polar surface area (TPSA) is 72.3 Å². The molecule has 1 saturated heterocycles. The van der Waals surface area contributed by atoms with Crippen LogP contribution in [0, 0.1) is 6.92 Å². The smallest absolute Gasteiger partial charge is 0.258 e. The summed E-state index contributed by atoms with van der Waals surface area (Å²) in [4.78, 5) is 24.1. The third-order valence-corrected chi connectivity index (χ3v) is 5.60. The van der Waals surface area contributed by atoms with Gasteiger partial charge in [0.15, 0.2) is 0 Å². The van der Waals surface area contributed by atoms with E-state index in [2.05, 4.69) is 40.0 Å². The van der Waals surface area contributed by atoms with Crippen molar-refractivity contribution in [3.05, 3.63) is 53.1 Å². The normalized spacial score (nSPS) is 16.5. The first kappa shape index (κ1) is 17.2. The van der Waals surface area contributed by atoms with Crippen LogP contribution in [0.2, 0.25) is 0 Å². The zero-order valence-electron chi connectivity index (χ0n) is 16.1. The molecule has 0 aliphatic carbocycles. The second kappa shape index (κ2) is 6.60. The Kier molecular flexibility index (Phi) is 4.05. The Hall–Kier alpha value is -2.93. The second-order valence-corrected chi connectivity index (χ2v) is 7.61. The number of carbonyl (C=O) groups excluding carboxylic acids is 1. The monoisotopic (exact) mass is 377 g/mol. The van der Waals surface area contributed by atoms with Gasteiger partial charge in [-0.1, -0.05) is 6.07 Å². The minimum atomic E-state index is 0.0421. The van der Waals surface area contributed by atoms with Gasteiger partial charge in [-0.3, -0.25) is 9.78 Å². The Morgan fingerprint density at radius 3 is 2.93 bits per heavy atom. The summed E-state index contributed by atoms with van der Waals surface area (Å²) in [5.41, 5.74) is 5.73. The summed E-state index contributed by atoms with van der Waals surface area (Å²) in [5.74, 6) is 1.03. The molecule has 4 heterocycles. The van der Waals surface area contributed by atoms with Crippen molar-refractivity contribution in [3.8, 4) is 0 Å². The van der Waals surface area contributed by atoms with E-state index in [9.17, 15) is 4.79 Å². The average molecular weight is 377 g/mol. The van der Waals surface area contributed by atoms with Gasteiger partial charge < -0.3 is 19.5 Å². The molecule has 1 amide bonds. The summed E-state index contributed by atoms with van der Waals surface area (Å²) < 4.78 is 7.34. The van der Waals surface area contributed by atoms with Crippen molar-refractivity contribution in [2.75, 3.05) is 25.1 Å². The average Bonchev–Trinajstić information content (AvgIpc) is 3.13. The molecule has 1 fully saturated rings. The van der Waals surface area contributed by atoms with Crippen LogP contribution in [-0.2, 0) is 24.8 Å². The number of aromatic nitrogens is 3. The first-order chi connectivity index (χ1) is 13.6. The molecule has 0 bridgehead atoms. The van der Waals surface area contributed by atoms with E-state index in [1.165, 1.54) is 5.56 Å². The highest BCUT2D eigenvalue weighted by atomic mass is 16.5. The largest absolute Gasteiger partial charge is 0.377 e. The van der Waals surface area contributed by atoms with Crippen LogP contribution in [0.5, 0.6) is 0 Å². The summed E-state index contributed by atoms with van der Waals surface area (Å²) in [7, 11) is 2.03. The van der Waals surface area contributed by atoms with E-state index in [1.807, 2.05) is 18.0 Å². The lowest BCUT2D eigenvalue weighted by Gasteiger charge is -2.28. The van der Waals surface area contributed by atoms with Gasteiger partial charge in [0.1, 0.15) is 5.82 Å². The predicted octanol–water partition coefficient (Wildman–Crippen LogP) is 2.29. The predicted molar refractivity (Wildman–Crippen MR) is 106 cm³/mol. The van der Waals surface area contributed by atoms with E-state index in [1.54, 1.807) is 6.20 Å². The van der Waals surface area contributed by atoms with E-state index >= 15 is 0 Å². The summed E-state index contributed by atoms with van der Waals surface area (Å²) in [6.07, 6.45) is 2.48. The molecule has 0 saturated carbocycles. The second-order valence-electron chi connectivity index (χ2n) is 7.61. The number of anilines is 1. The van der Waals surface area contributed by atoms with Gasteiger partial charge in [0.05, 0.1) is 53.8 Å². The molecule has 2 aromatic heterocycles.